The number of carbonyl (C=O) groups excluding carboxylic acids is 1. The first-order valence-electron chi connectivity index (χ1n) is 9.83. The summed E-state index contributed by atoms with van der Waals surface area (Å²) in [5.74, 6) is 0.981. The number of fused-ring (bicyclic) bond motifs is 2. The molecule has 3 nitrogen and oxygen atoms in total. The van der Waals surface area contributed by atoms with Crippen molar-refractivity contribution in [3.8, 4) is 5.75 Å². The minimum absolute atomic E-state index is 0.0127. The van der Waals surface area contributed by atoms with Crippen LogP contribution in [0.2, 0.25) is 0 Å². The van der Waals surface area contributed by atoms with E-state index in [1.165, 1.54) is 18.9 Å². The fourth-order valence-electron chi connectivity index (χ4n) is 4.70. The molecule has 2 bridgehead atoms. The Morgan fingerprint density at radius 3 is 2.48 bits per heavy atom. The van der Waals surface area contributed by atoms with E-state index >= 15 is 0 Å². The number of carbonyl (C=O) groups is 1. The van der Waals surface area contributed by atoms with Gasteiger partial charge in [-0.25, -0.2) is 0 Å². The van der Waals surface area contributed by atoms with E-state index in [0.717, 1.165) is 17.7 Å². The van der Waals surface area contributed by atoms with Gasteiger partial charge in [0, 0.05) is 12.5 Å². The normalized spacial score (nSPS) is 27.0. The van der Waals surface area contributed by atoms with Crippen molar-refractivity contribution in [2.45, 2.75) is 66.1 Å². The van der Waals surface area contributed by atoms with Crippen LogP contribution in [0.25, 0.3) is 0 Å². The molecule has 27 heavy (non-hydrogen) atoms. The maximum absolute atomic E-state index is 12.0. The summed E-state index contributed by atoms with van der Waals surface area (Å²) in [5.41, 5.74) is 1.78. The summed E-state index contributed by atoms with van der Waals surface area (Å²) in [6, 6.07) is 7.87. The van der Waals surface area contributed by atoms with E-state index in [1.807, 2.05) is 38.1 Å². The molecular formula is C24H32O3. The van der Waals surface area contributed by atoms with Crippen LogP contribution < -0.4 is 4.74 Å². The van der Waals surface area contributed by atoms with Crippen LogP contribution in [0.1, 0.15) is 66.1 Å². The molecule has 2 aliphatic carbocycles. The highest BCUT2D eigenvalue weighted by molar-refractivity contribution is 5.67. The summed E-state index contributed by atoms with van der Waals surface area (Å²) in [6.07, 6.45) is 6.03. The third-order valence-electron chi connectivity index (χ3n) is 6.95. The van der Waals surface area contributed by atoms with Crippen molar-refractivity contribution in [2.75, 3.05) is 0 Å². The molecule has 0 radical (unpaired) electrons. The van der Waals surface area contributed by atoms with E-state index in [2.05, 4.69) is 33.4 Å². The van der Waals surface area contributed by atoms with Gasteiger partial charge in [0.1, 0.15) is 11.4 Å². The molecule has 146 valence electrons. The standard InChI is InChI=1S/C24H32O3/c1-8-22(3,4)27-20-12-10-9-11-18(20)21(26-16(2)25)19-15-17-13-14-24(19,7)23(17,5)6/h8-12,15,17,21H,1,13-14H2,2-7H3/t17-,21?,24+/m1/s1. The molecule has 1 saturated carbocycles. The Kier molecular flexibility index (Phi) is 4.78. The molecule has 0 aliphatic heterocycles. The van der Waals surface area contributed by atoms with Crippen LogP contribution in [0.5, 0.6) is 5.75 Å². The maximum Gasteiger partial charge on any atom is 0.303 e. The third-order valence-corrected chi connectivity index (χ3v) is 6.95. The molecule has 0 aromatic heterocycles. The first-order valence-corrected chi connectivity index (χ1v) is 9.83. The highest BCUT2D eigenvalue weighted by atomic mass is 16.5. The van der Waals surface area contributed by atoms with Gasteiger partial charge in [0.05, 0.1) is 0 Å². The van der Waals surface area contributed by atoms with Gasteiger partial charge in [-0.15, -0.1) is 0 Å². The highest BCUT2D eigenvalue weighted by Crippen LogP contribution is 2.67. The molecule has 0 saturated heterocycles. The van der Waals surface area contributed by atoms with Crippen LogP contribution in [-0.4, -0.2) is 11.6 Å². The molecular weight excluding hydrogens is 336 g/mol. The average molecular weight is 369 g/mol. The molecule has 0 spiro atoms. The SMILES string of the molecule is C=CC(C)(C)Oc1ccccc1C(OC(C)=O)C1=C[C@H]2CC[C@]1(C)C2(C)C. The van der Waals surface area contributed by atoms with Crippen LogP contribution in [0.3, 0.4) is 0 Å². The second kappa shape index (κ2) is 6.54. The predicted octanol–water partition coefficient (Wildman–Crippen LogP) is 6.02. The van der Waals surface area contributed by atoms with Gasteiger partial charge in [0.2, 0.25) is 0 Å². The monoisotopic (exact) mass is 368 g/mol. The first kappa shape index (κ1) is 19.7. The van der Waals surface area contributed by atoms with Crippen molar-refractivity contribution in [1.29, 1.82) is 0 Å². The van der Waals surface area contributed by atoms with Gasteiger partial charge < -0.3 is 9.47 Å². The summed E-state index contributed by atoms with van der Waals surface area (Å²) >= 11 is 0. The fraction of sp³-hybridized carbons (Fsp3) is 0.542. The zero-order chi connectivity index (χ0) is 20.0. The highest BCUT2D eigenvalue weighted by Gasteiger charge is 2.59. The van der Waals surface area contributed by atoms with Crippen LogP contribution in [0.4, 0.5) is 0 Å². The van der Waals surface area contributed by atoms with Crippen molar-refractivity contribution in [2.24, 2.45) is 16.7 Å². The first-order chi connectivity index (χ1) is 12.5. The number of para-hydroxylation sites is 1. The number of rotatable bonds is 6. The molecule has 2 aliphatic rings. The van der Waals surface area contributed by atoms with Crippen LogP contribution in [0.15, 0.2) is 48.6 Å². The lowest BCUT2D eigenvalue weighted by Gasteiger charge is -2.40. The molecule has 3 heteroatoms. The maximum atomic E-state index is 12.0. The summed E-state index contributed by atoms with van der Waals surface area (Å²) in [6.45, 7) is 16.3. The predicted molar refractivity (Wildman–Crippen MR) is 109 cm³/mol. The molecule has 1 aromatic rings. The Morgan fingerprint density at radius 1 is 1.30 bits per heavy atom. The molecule has 1 aromatic carbocycles. The zero-order valence-electron chi connectivity index (χ0n) is 17.5. The van der Waals surface area contributed by atoms with E-state index in [1.54, 1.807) is 6.08 Å². The minimum atomic E-state index is -0.511. The Balaban J connectivity index is 2.08. The lowest BCUT2D eigenvalue weighted by Crippen LogP contribution is -2.33. The van der Waals surface area contributed by atoms with E-state index in [9.17, 15) is 4.79 Å². The Hall–Kier alpha value is -2.03. The Morgan fingerprint density at radius 2 is 1.96 bits per heavy atom. The second-order valence-electron chi connectivity index (χ2n) is 9.26. The van der Waals surface area contributed by atoms with Gasteiger partial charge in [0.25, 0.3) is 0 Å². The van der Waals surface area contributed by atoms with E-state index in [0.29, 0.717) is 5.92 Å². The van der Waals surface area contributed by atoms with Gasteiger partial charge in [0.15, 0.2) is 6.10 Å². The number of benzene rings is 1. The van der Waals surface area contributed by atoms with Crippen LogP contribution >= 0.6 is 0 Å². The molecule has 1 unspecified atom stereocenters. The molecule has 3 atom stereocenters. The van der Waals surface area contributed by atoms with Crippen LogP contribution in [0, 0.1) is 16.7 Å². The average Bonchev–Trinajstić information content (AvgIpc) is 2.93. The topological polar surface area (TPSA) is 35.5 Å². The molecule has 0 heterocycles. The Bertz CT molecular complexity index is 787. The number of hydrogen-bond acceptors (Lipinski definition) is 3. The number of allylic oxidation sites excluding steroid dienone is 1. The van der Waals surface area contributed by atoms with Crippen molar-refractivity contribution < 1.29 is 14.3 Å². The van der Waals surface area contributed by atoms with Crippen molar-refractivity contribution >= 4 is 5.97 Å². The lowest BCUT2D eigenvalue weighted by molar-refractivity contribution is -0.145. The second-order valence-corrected chi connectivity index (χ2v) is 9.26. The summed E-state index contributed by atoms with van der Waals surface area (Å²) in [4.78, 5) is 12.0. The van der Waals surface area contributed by atoms with Gasteiger partial charge in [-0.3, -0.25) is 4.79 Å². The number of hydrogen-bond donors (Lipinski definition) is 0. The number of ether oxygens (including phenoxy) is 2. The van der Waals surface area contributed by atoms with Crippen LogP contribution in [-0.2, 0) is 9.53 Å². The smallest absolute Gasteiger partial charge is 0.303 e. The van der Waals surface area contributed by atoms with Gasteiger partial charge in [-0.05, 0) is 61.2 Å². The Labute approximate surface area is 163 Å². The van der Waals surface area contributed by atoms with Crippen molar-refractivity contribution in [3.05, 3.63) is 54.1 Å². The molecule has 0 amide bonds. The molecule has 1 fully saturated rings. The number of esters is 1. The lowest BCUT2D eigenvalue weighted by atomic mass is 9.66. The fourth-order valence-corrected chi connectivity index (χ4v) is 4.70. The summed E-state index contributed by atoms with van der Waals surface area (Å²) in [5, 5.41) is 0. The van der Waals surface area contributed by atoms with Gasteiger partial charge >= 0.3 is 5.97 Å². The summed E-state index contributed by atoms with van der Waals surface area (Å²) < 4.78 is 12.1. The van der Waals surface area contributed by atoms with E-state index in [-0.39, 0.29) is 16.8 Å². The quantitative estimate of drug-likeness (QED) is 0.455. The van der Waals surface area contributed by atoms with Gasteiger partial charge in [-0.1, -0.05) is 51.6 Å². The zero-order valence-corrected chi connectivity index (χ0v) is 17.5. The van der Waals surface area contributed by atoms with Crippen molar-refractivity contribution in [1.82, 2.24) is 0 Å². The molecule has 3 rings (SSSR count). The summed E-state index contributed by atoms with van der Waals surface area (Å²) in [7, 11) is 0. The van der Waals surface area contributed by atoms with Gasteiger partial charge in [-0.2, -0.15) is 0 Å². The molecule has 0 N–H and O–H groups in total. The van der Waals surface area contributed by atoms with E-state index in [4.69, 9.17) is 9.47 Å². The minimum Gasteiger partial charge on any atom is -0.483 e. The van der Waals surface area contributed by atoms with Crippen molar-refractivity contribution in [3.63, 3.8) is 0 Å². The van der Waals surface area contributed by atoms with E-state index < -0.39 is 11.7 Å². The third kappa shape index (κ3) is 3.22. The largest absolute Gasteiger partial charge is 0.483 e.